The van der Waals surface area contributed by atoms with E-state index < -0.39 is 6.04 Å². The fraction of sp³-hybridized carbons (Fsp3) is 0.400. The molecule has 6 heteroatoms. The van der Waals surface area contributed by atoms with Crippen LogP contribution in [0.25, 0.3) is 0 Å². The molecule has 0 aliphatic carbocycles. The summed E-state index contributed by atoms with van der Waals surface area (Å²) in [7, 11) is 0. The van der Waals surface area contributed by atoms with Crippen LogP contribution in [0.4, 0.5) is 4.79 Å². The lowest BCUT2D eigenvalue weighted by atomic mass is 10.0. The van der Waals surface area contributed by atoms with Crippen molar-refractivity contribution in [1.29, 1.82) is 0 Å². The van der Waals surface area contributed by atoms with Crippen LogP contribution in [0.3, 0.4) is 0 Å². The van der Waals surface area contributed by atoms with Crippen molar-refractivity contribution in [2.45, 2.75) is 38.8 Å². The molecule has 138 valence electrons. The first-order valence-electron chi connectivity index (χ1n) is 9.07. The number of nitrogens with one attached hydrogen (secondary N) is 2. The van der Waals surface area contributed by atoms with Crippen molar-refractivity contribution in [3.8, 4) is 0 Å². The Morgan fingerprint density at radius 2 is 2.08 bits per heavy atom. The maximum absolute atomic E-state index is 12.6. The van der Waals surface area contributed by atoms with Crippen molar-refractivity contribution in [3.05, 3.63) is 57.8 Å². The molecule has 2 heterocycles. The van der Waals surface area contributed by atoms with Crippen LogP contribution in [0, 0.1) is 0 Å². The SMILES string of the molecule is CCCc1ccc([C@H](N[C@@H](C)C(=O)N2CCNC2=O)c2cccs2)cc1. The smallest absolute Gasteiger partial charge is 0.324 e. The molecule has 1 aromatic carbocycles. The number of amides is 3. The van der Waals surface area contributed by atoms with E-state index in [1.807, 2.05) is 18.4 Å². The number of imide groups is 1. The highest BCUT2D eigenvalue weighted by atomic mass is 32.1. The minimum absolute atomic E-state index is 0.0738. The Morgan fingerprint density at radius 1 is 1.31 bits per heavy atom. The molecule has 1 aromatic heterocycles. The second kappa shape index (κ2) is 8.47. The third kappa shape index (κ3) is 4.14. The summed E-state index contributed by atoms with van der Waals surface area (Å²) in [6, 6.07) is 11.8. The van der Waals surface area contributed by atoms with Crippen molar-refractivity contribution in [1.82, 2.24) is 15.5 Å². The number of nitrogens with zero attached hydrogens (tertiary/aromatic N) is 1. The van der Waals surface area contributed by atoms with E-state index in [1.165, 1.54) is 10.5 Å². The summed E-state index contributed by atoms with van der Waals surface area (Å²) in [4.78, 5) is 26.8. The Labute approximate surface area is 158 Å². The number of thiophene rings is 1. The van der Waals surface area contributed by atoms with Gasteiger partial charge in [0.05, 0.1) is 12.1 Å². The number of hydrogen-bond acceptors (Lipinski definition) is 4. The van der Waals surface area contributed by atoms with Crippen LogP contribution >= 0.6 is 11.3 Å². The fourth-order valence-corrected chi connectivity index (χ4v) is 4.01. The van der Waals surface area contributed by atoms with Crippen molar-refractivity contribution in [3.63, 3.8) is 0 Å². The number of carbonyl (C=O) groups excluding carboxylic acids is 2. The lowest BCUT2D eigenvalue weighted by Crippen LogP contribution is -2.47. The van der Waals surface area contributed by atoms with Crippen LogP contribution in [0.5, 0.6) is 0 Å². The molecule has 0 saturated carbocycles. The van der Waals surface area contributed by atoms with Gasteiger partial charge < -0.3 is 5.32 Å². The summed E-state index contributed by atoms with van der Waals surface area (Å²) in [5.41, 5.74) is 2.44. The van der Waals surface area contributed by atoms with Gasteiger partial charge in [0, 0.05) is 18.0 Å². The molecule has 0 spiro atoms. The third-order valence-electron chi connectivity index (χ3n) is 4.59. The average Bonchev–Trinajstić information content (AvgIpc) is 3.31. The summed E-state index contributed by atoms with van der Waals surface area (Å²) >= 11 is 1.66. The first-order valence-corrected chi connectivity index (χ1v) is 9.95. The molecule has 1 fully saturated rings. The number of hydrogen-bond donors (Lipinski definition) is 2. The molecule has 3 amide bonds. The fourth-order valence-electron chi connectivity index (χ4n) is 3.20. The highest BCUT2D eigenvalue weighted by Gasteiger charge is 2.31. The molecule has 26 heavy (non-hydrogen) atoms. The van der Waals surface area contributed by atoms with E-state index in [4.69, 9.17) is 0 Å². The third-order valence-corrected chi connectivity index (χ3v) is 5.53. The van der Waals surface area contributed by atoms with E-state index in [2.05, 4.69) is 47.9 Å². The van der Waals surface area contributed by atoms with Crippen LogP contribution in [0.15, 0.2) is 41.8 Å². The van der Waals surface area contributed by atoms with Crippen LogP contribution in [-0.2, 0) is 11.2 Å². The van der Waals surface area contributed by atoms with Gasteiger partial charge in [0.2, 0.25) is 5.91 Å². The number of aryl methyl sites for hydroxylation is 1. The van der Waals surface area contributed by atoms with Crippen molar-refractivity contribution >= 4 is 23.3 Å². The molecular formula is C20H25N3O2S. The molecule has 1 aliphatic heterocycles. The van der Waals surface area contributed by atoms with Crippen molar-refractivity contribution < 1.29 is 9.59 Å². The summed E-state index contributed by atoms with van der Waals surface area (Å²) in [5.74, 6) is -0.191. The minimum atomic E-state index is -0.457. The maximum atomic E-state index is 12.6. The number of carbonyl (C=O) groups is 2. The van der Waals surface area contributed by atoms with E-state index >= 15 is 0 Å². The van der Waals surface area contributed by atoms with Gasteiger partial charge in [0.15, 0.2) is 0 Å². The lowest BCUT2D eigenvalue weighted by Gasteiger charge is -2.25. The minimum Gasteiger partial charge on any atom is -0.336 e. The highest BCUT2D eigenvalue weighted by molar-refractivity contribution is 7.10. The molecular weight excluding hydrogens is 346 g/mol. The normalized spacial score (nSPS) is 16.4. The van der Waals surface area contributed by atoms with Crippen molar-refractivity contribution in [2.24, 2.45) is 0 Å². The van der Waals surface area contributed by atoms with E-state index in [9.17, 15) is 9.59 Å². The van der Waals surface area contributed by atoms with Crippen LogP contribution < -0.4 is 10.6 Å². The highest BCUT2D eigenvalue weighted by Crippen LogP contribution is 2.27. The molecule has 5 nitrogen and oxygen atoms in total. The van der Waals surface area contributed by atoms with Gasteiger partial charge in [-0.3, -0.25) is 15.0 Å². The predicted molar refractivity (Wildman–Crippen MR) is 104 cm³/mol. The van der Waals surface area contributed by atoms with Gasteiger partial charge in [0.1, 0.15) is 0 Å². The van der Waals surface area contributed by atoms with E-state index in [-0.39, 0.29) is 18.0 Å². The van der Waals surface area contributed by atoms with E-state index in [1.54, 1.807) is 11.3 Å². The Morgan fingerprint density at radius 3 is 2.65 bits per heavy atom. The molecule has 3 rings (SSSR count). The summed E-state index contributed by atoms with van der Waals surface area (Å²) < 4.78 is 0. The molecule has 1 saturated heterocycles. The molecule has 2 atom stereocenters. The van der Waals surface area contributed by atoms with E-state index in [0.29, 0.717) is 13.1 Å². The number of urea groups is 1. The van der Waals surface area contributed by atoms with Crippen LogP contribution in [-0.4, -0.2) is 36.0 Å². The maximum Gasteiger partial charge on any atom is 0.324 e. The zero-order valence-electron chi connectivity index (χ0n) is 15.2. The van der Waals surface area contributed by atoms with Gasteiger partial charge in [-0.15, -0.1) is 11.3 Å². The Hall–Kier alpha value is -2.18. The largest absolute Gasteiger partial charge is 0.336 e. The zero-order chi connectivity index (χ0) is 18.5. The predicted octanol–water partition coefficient (Wildman–Crippen LogP) is 3.32. The van der Waals surface area contributed by atoms with Crippen molar-refractivity contribution in [2.75, 3.05) is 13.1 Å². The van der Waals surface area contributed by atoms with Gasteiger partial charge >= 0.3 is 6.03 Å². The molecule has 2 aromatic rings. The summed E-state index contributed by atoms with van der Waals surface area (Å²) in [5, 5.41) is 8.14. The summed E-state index contributed by atoms with van der Waals surface area (Å²) in [6.07, 6.45) is 2.19. The number of benzene rings is 1. The van der Waals surface area contributed by atoms with Gasteiger partial charge in [-0.05, 0) is 35.9 Å². The van der Waals surface area contributed by atoms with Gasteiger partial charge in [-0.1, -0.05) is 43.7 Å². The molecule has 2 N–H and O–H groups in total. The molecule has 0 bridgehead atoms. The summed E-state index contributed by atoms with van der Waals surface area (Å²) in [6.45, 7) is 4.94. The molecule has 0 radical (unpaired) electrons. The first-order chi connectivity index (χ1) is 12.6. The standard InChI is InChI=1S/C20H25N3O2S/c1-3-5-15-7-9-16(10-8-15)18(17-6-4-13-26-17)22-14(2)19(24)23-12-11-21-20(23)25/h4,6-10,13-14,18,22H,3,5,11-12H2,1-2H3,(H,21,25)/t14-,18-/m0/s1. The molecule has 0 unspecified atom stereocenters. The van der Waals surface area contributed by atoms with Crippen LogP contribution in [0.2, 0.25) is 0 Å². The number of rotatable bonds is 7. The first kappa shape index (κ1) is 18.6. The quantitative estimate of drug-likeness (QED) is 0.785. The van der Waals surface area contributed by atoms with Gasteiger partial charge in [0.25, 0.3) is 0 Å². The second-order valence-electron chi connectivity index (χ2n) is 6.55. The van der Waals surface area contributed by atoms with E-state index in [0.717, 1.165) is 23.3 Å². The van der Waals surface area contributed by atoms with Crippen LogP contribution in [0.1, 0.15) is 42.3 Å². The topological polar surface area (TPSA) is 61.4 Å². The lowest BCUT2D eigenvalue weighted by molar-refractivity contribution is -0.129. The monoisotopic (exact) mass is 371 g/mol. The molecule has 1 aliphatic rings. The second-order valence-corrected chi connectivity index (χ2v) is 7.53. The van der Waals surface area contributed by atoms with Gasteiger partial charge in [-0.2, -0.15) is 0 Å². The Bertz CT molecular complexity index is 743. The average molecular weight is 372 g/mol. The van der Waals surface area contributed by atoms with Gasteiger partial charge in [-0.25, -0.2) is 4.79 Å². The Kier molecular flexibility index (Phi) is 6.06. The zero-order valence-corrected chi connectivity index (χ0v) is 16.0. The Balaban J connectivity index is 1.78.